The van der Waals surface area contributed by atoms with Gasteiger partial charge in [0.2, 0.25) is 0 Å². The number of carbonyl (C=O) groups excluding carboxylic acids is 2. The first-order valence-corrected chi connectivity index (χ1v) is 9.09. The molecule has 1 aromatic carbocycles. The summed E-state index contributed by atoms with van der Waals surface area (Å²) in [7, 11) is 0. The third kappa shape index (κ3) is 4.58. The first kappa shape index (κ1) is 17.4. The van der Waals surface area contributed by atoms with Gasteiger partial charge in [-0.25, -0.2) is 4.79 Å². The molecule has 0 bridgehead atoms. The second-order valence-corrected chi connectivity index (χ2v) is 7.45. The van der Waals surface area contributed by atoms with Crippen molar-refractivity contribution < 1.29 is 18.7 Å². The van der Waals surface area contributed by atoms with Crippen LogP contribution in [0.25, 0.3) is 0 Å². The molecule has 0 saturated heterocycles. The third-order valence-corrected chi connectivity index (χ3v) is 4.95. The predicted octanol–water partition coefficient (Wildman–Crippen LogP) is 4.32. The number of ether oxygens (including phenoxy) is 1. The average molecular weight is 420 g/mol. The van der Waals surface area contributed by atoms with Crippen molar-refractivity contribution in [1.82, 2.24) is 5.32 Å². The Hall–Kier alpha value is -2.38. The average Bonchev–Trinajstić information content (AvgIpc) is 3.30. The second kappa shape index (κ2) is 8.13. The van der Waals surface area contributed by atoms with Crippen LogP contribution in [0, 0.1) is 0 Å². The third-order valence-electron chi connectivity index (χ3n) is 3.39. The summed E-state index contributed by atoms with van der Waals surface area (Å²) in [4.78, 5) is 24.8. The van der Waals surface area contributed by atoms with Crippen molar-refractivity contribution in [2.24, 2.45) is 0 Å². The fourth-order valence-electron chi connectivity index (χ4n) is 2.19. The van der Waals surface area contributed by atoms with Gasteiger partial charge >= 0.3 is 5.97 Å². The van der Waals surface area contributed by atoms with Crippen LogP contribution in [-0.2, 0) is 16.1 Å². The van der Waals surface area contributed by atoms with Crippen LogP contribution < -0.4 is 5.32 Å². The van der Waals surface area contributed by atoms with Crippen molar-refractivity contribution in [3.63, 3.8) is 0 Å². The lowest BCUT2D eigenvalue weighted by Gasteiger charge is -2.17. The molecule has 3 aromatic rings. The Balaban J connectivity index is 1.73. The number of thiophene rings is 1. The molecule has 7 heteroatoms. The highest BCUT2D eigenvalue weighted by Crippen LogP contribution is 2.22. The molecule has 2 heterocycles. The minimum Gasteiger partial charge on any atom is -0.459 e. The van der Waals surface area contributed by atoms with Gasteiger partial charge < -0.3 is 14.5 Å². The van der Waals surface area contributed by atoms with Crippen molar-refractivity contribution in [2.75, 3.05) is 0 Å². The number of esters is 1. The maximum atomic E-state index is 12.6. The van der Waals surface area contributed by atoms with E-state index in [9.17, 15) is 9.59 Å². The molecular formula is C18H14BrNO4S. The first-order valence-electron chi connectivity index (χ1n) is 7.42. The lowest BCUT2D eigenvalue weighted by molar-refractivity contribution is -0.147. The minimum absolute atomic E-state index is 0.135. The predicted molar refractivity (Wildman–Crippen MR) is 97.2 cm³/mol. The summed E-state index contributed by atoms with van der Waals surface area (Å²) in [6.07, 6.45) is 1.40. The van der Waals surface area contributed by atoms with Gasteiger partial charge in [0.15, 0.2) is 11.8 Å². The number of rotatable bonds is 6. The summed E-state index contributed by atoms with van der Waals surface area (Å²) in [6, 6.07) is 13.1. The molecule has 0 unspecified atom stereocenters. The zero-order valence-corrected chi connectivity index (χ0v) is 15.4. The molecule has 25 heavy (non-hydrogen) atoms. The second-order valence-electron chi connectivity index (χ2n) is 5.16. The summed E-state index contributed by atoms with van der Waals surface area (Å²) < 4.78 is 11.4. The molecule has 0 radical (unpaired) electrons. The molecule has 0 fully saturated rings. The Morgan fingerprint density at radius 3 is 2.64 bits per heavy atom. The maximum absolute atomic E-state index is 12.6. The van der Waals surface area contributed by atoms with Crippen LogP contribution in [-0.4, -0.2) is 11.9 Å². The highest BCUT2D eigenvalue weighted by Gasteiger charge is 2.25. The van der Waals surface area contributed by atoms with Gasteiger partial charge in [0.25, 0.3) is 5.91 Å². The molecule has 128 valence electrons. The van der Waals surface area contributed by atoms with E-state index in [1.165, 1.54) is 23.7 Å². The number of hydrogen-bond acceptors (Lipinski definition) is 5. The minimum atomic E-state index is -0.916. The number of amides is 1. The summed E-state index contributed by atoms with van der Waals surface area (Å²) in [5, 5.41) is 4.56. The van der Waals surface area contributed by atoms with Gasteiger partial charge in [0.1, 0.15) is 6.61 Å². The van der Waals surface area contributed by atoms with Crippen LogP contribution in [0.4, 0.5) is 0 Å². The molecule has 0 saturated carbocycles. The summed E-state index contributed by atoms with van der Waals surface area (Å²) in [5.41, 5.74) is 1.52. The van der Waals surface area contributed by atoms with Crippen molar-refractivity contribution in [3.8, 4) is 0 Å². The van der Waals surface area contributed by atoms with Crippen LogP contribution in [0.15, 0.2) is 68.4 Å². The van der Waals surface area contributed by atoms with Crippen LogP contribution in [0.1, 0.15) is 27.7 Å². The van der Waals surface area contributed by atoms with Crippen molar-refractivity contribution >= 4 is 39.1 Å². The molecule has 0 aliphatic rings. The quantitative estimate of drug-likeness (QED) is 0.604. The monoisotopic (exact) mass is 419 g/mol. The molecule has 2 aromatic heterocycles. The van der Waals surface area contributed by atoms with E-state index < -0.39 is 17.9 Å². The molecule has 0 spiro atoms. The van der Waals surface area contributed by atoms with Gasteiger partial charge in [0, 0.05) is 5.56 Å². The lowest BCUT2D eigenvalue weighted by atomic mass is 10.1. The lowest BCUT2D eigenvalue weighted by Crippen LogP contribution is -2.34. The number of halogens is 1. The van der Waals surface area contributed by atoms with Gasteiger partial charge in [-0.05, 0) is 45.1 Å². The summed E-state index contributed by atoms with van der Waals surface area (Å²) in [5.74, 6) is -0.877. The van der Waals surface area contributed by atoms with Gasteiger partial charge in [-0.2, -0.15) is 0 Å². The smallest absolute Gasteiger partial charge is 0.333 e. The zero-order valence-electron chi connectivity index (χ0n) is 13.0. The number of benzene rings is 1. The molecule has 1 amide bonds. The van der Waals surface area contributed by atoms with Crippen LogP contribution >= 0.6 is 27.3 Å². The van der Waals surface area contributed by atoms with E-state index in [0.717, 1.165) is 9.35 Å². The normalized spacial score (nSPS) is 11.7. The fraction of sp³-hybridized carbons (Fsp3) is 0.111. The molecule has 1 atom stereocenters. The Morgan fingerprint density at radius 2 is 2.00 bits per heavy atom. The number of hydrogen-bond donors (Lipinski definition) is 1. The maximum Gasteiger partial charge on any atom is 0.333 e. The van der Waals surface area contributed by atoms with Crippen molar-refractivity contribution in [2.45, 2.75) is 12.6 Å². The number of furan rings is 1. The molecule has 0 aliphatic heterocycles. The Kier molecular flexibility index (Phi) is 5.67. The number of nitrogens with one attached hydrogen (secondary N) is 1. The van der Waals surface area contributed by atoms with Crippen LogP contribution in [0.3, 0.4) is 0 Å². The highest BCUT2D eigenvalue weighted by molar-refractivity contribution is 9.11. The Bertz CT molecular complexity index is 845. The topological polar surface area (TPSA) is 68.5 Å². The van der Waals surface area contributed by atoms with Gasteiger partial charge in [-0.1, -0.05) is 30.3 Å². The Morgan fingerprint density at radius 1 is 1.20 bits per heavy atom. The van der Waals surface area contributed by atoms with Gasteiger partial charge in [-0.3, -0.25) is 4.79 Å². The van der Waals surface area contributed by atoms with Gasteiger partial charge in [-0.15, -0.1) is 11.3 Å². The zero-order chi connectivity index (χ0) is 17.6. The van der Waals surface area contributed by atoms with E-state index in [1.807, 2.05) is 17.5 Å². The molecule has 3 rings (SSSR count). The molecule has 1 N–H and O–H groups in total. The molecule has 0 aliphatic carbocycles. The van der Waals surface area contributed by atoms with E-state index in [2.05, 4.69) is 21.2 Å². The molecular weight excluding hydrogens is 406 g/mol. The van der Waals surface area contributed by atoms with E-state index in [4.69, 9.17) is 9.15 Å². The number of carbonyl (C=O) groups is 2. The summed E-state index contributed by atoms with van der Waals surface area (Å²) >= 11 is 4.88. The van der Waals surface area contributed by atoms with E-state index >= 15 is 0 Å². The Labute approximate surface area is 156 Å². The van der Waals surface area contributed by atoms with E-state index in [0.29, 0.717) is 5.56 Å². The SMILES string of the molecule is O=C(N[C@H](C(=O)OCc1csc(Br)c1)c1ccccc1)c1ccco1. The largest absolute Gasteiger partial charge is 0.459 e. The highest BCUT2D eigenvalue weighted by atomic mass is 79.9. The van der Waals surface area contributed by atoms with E-state index in [-0.39, 0.29) is 12.4 Å². The standard InChI is InChI=1S/C18H14BrNO4S/c19-15-9-12(11-25-15)10-24-18(22)16(13-5-2-1-3-6-13)20-17(21)14-7-4-8-23-14/h1-9,11,16H,10H2,(H,20,21)/t16-/m0/s1. The first-order chi connectivity index (χ1) is 12.1. The summed E-state index contributed by atoms with van der Waals surface area (Å²) in [6.45, 7) is 0.140. The fourth-order valence-corrected chi connectivity index (χ4v) is 3.39. The van der Waals surface area contributed by atoms with E-state index in [1.54, 1.807) is 30.3 Å². The van der Waals surface area contributed by atoms with Crippen LogP contribution in [0.5, 0.6) is 0 Å². The molecule has 5 nitrogen and oxygen atoms in total. The van der Waals surface area contributed by atoms with Gasteiger partial charge in [0.05, 0.1) is 10.0 Å². The van der Waals surface area contributed by atoms with Crippen molar-refractivity contribution in [3.05, 3.63) is 80.8 Å². The van der Waals surface area contributed by atoms with Crippen molar-refractivity contribution in [1.29, 1.82) is 0 Å². The van der Waals surface area contributed by atoms with Crippen LogP contribution in [0.2, 0.25) is 0 Å².